The average Bonchev–Trinajstić information content (AvgIpc) is 3.48. The number of hydrogen-bond acceptors (Lipinski definition) is 7. The molecule has 0 bridgehead atoms. The second kappa shape index (κ2) is 11.4. The van der Waals surface area contributed by atoms with Gasteiger partial charge < -0.3 is 5.32 Å². The number of rotatable bonds is 8. The molecule has 8 nitrogen and oxygen atoms in total. The van der Waals surface area contributed by atoms with Crippen LogP contribution in [0.1, 0.15) is 29.7 Å². The molecule has 0 saturated carbocycles. The highest BCUT2D eigenvalue weighted by Gasteiger charge is 2.23. The lowest BCUT2D eigenvalue weighted by Crippen LogP contribution is -2.30. The number of carbonyl (C=O) groups is 1. The zero-order valence-electron chi connectivity index (χ0n) is 20.1. The average molecular weight is 589 g/mol. The van der Waals surface area contributed by atoms with E-state index in [1.807, 2.05) is 59.7 Å². The summed E-state index contributed by atoms with van der Waals surface area (Å²) in [5, 5.41) is 7.43. The number of amides is 1. The van der Waals surface area contributed by atoms with Crippen molar-refractivity contribution in [1.29, 1.82) is 0 Å². The normalized spacial score (nSPS) is 14.4. The van der Waals surface area contributed by atoms with Crippen molar-refractivity contribution in [2.24, 2.45) is 0 Å². The van der Waals surface area contributed by atoms with Gasteiger partial charge in [-0.2, -0.15) is 5.10 Å². The number of benzene rings is 1. The number of sulfone groups is 1. The standard InChI is InChI=1S/C26H23Cl2N5O3S2/c27-21-11-23(37-25(21)28)38(35,36)16-22(34)29-10-9-18-7-4-8-20-14-32-33(24(18)20)15-17-12-30-26(31-13-17)19-5-2-1-3-6-19/h1-3,5-6,9,11-14H,4,7-8,10,15-16H2,(H,29,34)/b18-9+. The van der Waals surface area contributed by atoms with Crippen LogP contribution in [0.15, 0.2) is 65.3 Å². The van der Waals surface area contributed by atoms with Crippen molar-refractivity contribution in [2.45, 2.75) is 30.0 Å². The summed E-state index contributed by atoms with van der Waals surface area (Å²) in [4.78, 5) is 21.4. The number of halogens is 2. The monoisotopic (exact) mass is 587 g/mol. The number of aryl methyl sites for hydroxylation is 1. The predicted octanol–water partition coefficient (Wildman–Crippen LogP) is 5.07. The van der Waals surface area contributed by atoms with Gasteiger partial charge in [-0.25, -0.2) is 18.4 Å². The number of hydrogen-bond donors (Lipinski definition) is 1. The topological polar surface area (TPSA) is 107 Å². The lowest BCUT2D eigenvalue weighted by molar-refractivity contribution is -0.118. The lowest BCUT2D eigenvalue weighted by atomic mass is 9.92. The molecule has 0 fully saturated rings. The summed E-state index contributed by atoms with van der Waals surface area (Å²) < 4.78 is 27.1. The van der Waals surface area contributed by atoms with Crippen molar-refractivity contribution < 1.29 is 13.2 Å². The van der Waals surface area contributed by atoms with Crippen LogP contribution in [0.25, 0.3) is 17.0 Å². The molecule has 0 atom stereocenters. The number of aromatic nitrogens is 4. The van der Waals surface area contributed by atoms with Gasteiger partial charge in [0.05, 0.1) is 23.5 Å². The van der Waals surface area contributed by atoms with Gasteiger partial charge in [0.15, 0.2) is 15.7 Å². The first-order chi connectivity index (χ1) is 18.3. The first kappa shape index (κ1) is 26.6. The molecule has 196 valence electrons. The first-order valence-electron chi connectivity index (χ1n) is 11.8. The van der Waals surface area contributed by atoms with Crippen molar-refractivity contribution in [1.82, 2.24) is 25.1 Å². The Morgan fingerprint density at radius 3 is 2.58 bits per heavy atom. The van der Waals surface area contributed by atoms with Crippen LogP contribution < -0.4 is 5.32 Å². The molecule has 38 heavy (non-hydrogen) atoms. The summed E-state index contributed by atoms with van der Waals surface area (Å²) in [6, 6.07) is 11.1. The highest BCUT2D eigenvalue weighted by atomic mass is 35.5. The largest absolute Gasteiger partial charge is 0.352 e. The van der Waals surface area contributed by atoms with E-state index in [0.717, 1.165) is 58.6 Å². The zero-order chi connectivity index (χ0) is 26.7. The lowest BCUT2D eigenvalue weighted by Gasteiger charge is -2.18. The van der Waals surface area contributed by atoms with E-state index in [-0.39, 0.29) is 20.1 Å². The number of fused-ring (bicyclic) bond motifs is 1. The summed E-state index contributed by atoms with van der Waals surface area (Å²) in [5.41, 5.74) is 5.11. The fourth-order valence-corrected chi connectivity index (χ4v) is 7.42. The highest BCUT2D eigenvalue weighted by Crippen LogP contribution is 2.35. The third-order valence-electron chi connectivity index (χ3n) is 6.08. The van der Waals surface area contributed by atoms with Crippen molar-refractivity contribution in [3.05, 3.63) is 87.2 Å². The van der Waals surface area contributed by atoms with Crippen LogP contribution in [0.4, 0.5) is 0 Å². The van der Waals surface area contributed by atoms with Gasteiger partial charge in [-0.05, 0) is 36.5 Å². The Bertz CT molecular complexity index is 1580. The maximum Gasteiger partial charge on any atom is 0.235 e. The van der Waals surface area contributed by atoms with Gasteiger partial charge in [-0.1, -0.05) is 59.6 Å². The summed E-state index contributed by atoms with van der Waals surface area (Å²) >= 11 is 12.6. The van der Waals surface area contributed by atoms with Gasteiger partial charge in [0.1, 0.15) is 14.3 Å². The van der Waals surface area contributed by atoms with Gasteiger partial charge in [-0.3, -0.25) is 9.48 Å². The molecule has 0 radical (unpaired) electrons. The zero-order valence-corrected chi connectivity index (χ0v) is 23.2. The van der Waals surface area contributed by atoms with E-state index in [1.54, 1.807) is 0 Å². The molecule has 0 saturated heterocycles. The van der Waals surface area contributed by atoms with Gasteiger partial charge >= 0.3 is 0 Å². The molecule has 4 aromatic rings. The summed E-state index contributed by atoms with van der Waals surface area (Å²) in [5.74, 6) is -0.603. The number of thiophene rings is 1. The van der Waals surface area contributed by atoms with Gasteiger partial charge in [0.25, 0.3) is 0 Å². The Morgan fingerprint density at radius 1 is 1.11 bits per heavy atom. The molecule has 0 spiro atoms. The van der Waals surface area contributed by atoms with E-state index >= 15 is 0 Å². The third kappa shape index (κ3) is 5.99. The Balaban J connectivity index is 1.25. The molecule has 3 aromatic heterocycles. The van der Waals surface area contributed by atoms with Gasteiger partial charge in [-0.15, -0.1) is 11.3 Å². The van der Waals surface area contributed by atoms with Crippen LogP contribution in [0.3, 0.4) is 0 Å². The van der Waals surface area contributed by atoms with Gasteiger partial charge in [0, 0.05) is 30.1 Å². The fourth-order valence-electron chi connectivity index (χ4n) is 4.29. The Hall–Kier alpha value is -3.05. The molecule has 1 aliphatic carbocycles. The first-order valence-corrected chi connectivity index (χ1v) is 15.1. The van der Waals surface area contributed by atoms with Crippen molar-refractivity contribution in [3.63, 3.8) is 0 Å². The van der Waals surface area contributed by atoms with Crippen LogP contribution >= 0.6 is 34.5 Å². The molecule has 0 aliphatic heterocycles. The van der Waals surface area contributed by atoms with Crippen LogP contribution in [0.2, 0.25) is 9.36 Å². The van der Waals surface area contributed by atoms with E-state index in [2.05, 4.69) is 20.4 Å². The van der Waals surface area contributed by atoms with Crippen LogP contribution in [0, 0.1) is 0 Å². The van der Waals surface area contributed by atoms with Crippen LogP contribution in [0.5, 0.6) is 0 Å². The molecule has 5 rings (SSSR count). The number of nitrogens with one attached hydrogen (secondary N) is 1. The molecule has 12 heteroatoms. The van der Waals surface area contributed by atoms with Crippen molar-refractivity contribution >= 4 is 55.9 Å². The second-order valence-electron chi connectivity index (χ2n) is 8.79. The summed E-state index contributed by atoms with van der Waals surface area (Å²) in [7, 11) is -3.83. The molecule has 1 N–H and O–H groups in total. The minimum Gasteiger partial charge on any atom is -0.352 e. The van der Waals surface area contributed by atoms with E-state index in [0.29, 0.717) is 12.4 Å². The smallest absolute Gasteiger partial charge is 0.235 e. The molecule has 0 unspecified atom stereocenters. The van der Waals surface area contributed by atoms with Crippen LogP contribution in [-0.2, 0) is 27.6 Å². The Labute approximate surface area is 234 Å². The minimum absolute atomic E-state index is 0.0254. The molecule has 1 amide bonds. The molecule has 3 heterocycles. The third-order valence-corrected chi connectivity index (χ3v) is 10.1. The highest BCUT2D eigenvalue weighted by molar-refractivity contribution is 7.94. The number of nitrogens with zero attached hydrogens (tertiary/aromatic N) is 4. The van der Waals surface area contributed by atoms with Gasteiger partial charge in [0.2, 0.25) is 5.91 Å². The van der Waals surface area contributed by atoms with Crippen molar-refractivity contribution in [2.75, 3.05) is 12.3 Å². The molecular formula is C26H23Cl2N5O3S2. The Kier molecular flexibility index (Phi) is 7.94. The number of allylic oxidation sites excluding steroid dienone is 1. The molecule has 1 aromatic carbocycles. The van der Waals surface area contributed by atoms with Crippen LogP contribution in [-0.4, -0.2) is 46.4 Å². The quantitative estimate of drug-likeness (QED) is 0.308. The van der Waals surface area contributed by atoms with E-state index in [4.69, 9.17) is 23.2 Å². The maximum atomic E-state index is 12.5. The number of carbonyl (C=O) groups excluding carboxylic acids is 1. The van der Waals surface area contributed by atoms with Crippen molar-refractivity contribution in [3.8, 4) is 11.4 Å². The SMILES string of the molecule is O=C(CS(=O)(=O)c1cc(Cl)c(Cl)s1)NC/C=C1\CCCc2cnn(Cc3cnc(-c4ccccc4)nc3)c21. The summed E-state index contributed by atoms with van der Waals surface area (Å²) in [6.45, 7) is 0.716. The van der Waals surface area contributed by atoms with E-state index in [9.17, 15) is 13.2 Å². The second-order valence-corrected chi connectivity index (χ2v) is 13.1. The Morgan fingerprint density at radius 2 is 1.87 bits per heavy atom. The predicted molar refractivity (Wildman–Crippen MR) is 149 cm³/mol. The molecule has 1 aliphatic rings. The maximum absolute atomic E-state index is 12.5. The fraction of sp³-hybridized carbons (Fsp3) is 0.231. The van der Waals surface area contributed by atoms with E-state index < -0.39 is 21.5 Å². The minimum atomic E-state index is -3.83. The molecular weight excluding hydrogens is 565 g/mol. The van der Waals surface area contributed by atoms with E-state index in [1.165, 1.54) is 6.07 Å². The summed E-state index contributed by atoms with van der Waals surface area (Å²) in [6.07, 6.45) is 10.2.